The Hall–Kier alpha value is -0.600. The summed E-state index contributed by atoms with van der Waals surface area (Å²) in [6.45, 7) is 2.17. The summed E-state index contributed by atoms with van der Waals surface area (Å²) in [6.07, 6.45) is 12.0. The Morgan fingerprint density at radius 3 is 2.57 bits per heavy atom. The Kier molecular flexibility index (Phi) is 4.36. The lowest BCUT2D eigenvalue weighted by atomic mass is 9.74. The Balaban J connectivity index is 2.53. The van der Waals surface area contributed by atoms with Crippen LogP contribution in [0.1, 0.15) is 39.0 Å². The molecule has 1 rings (SSSR count). The highest BCUT2D eigenvalue weighted by atomic mass is 16.5. The van der Waals surface area contributed by atoms with E-state index < -0.39 is 6.29 Å². The molecule has 0 radical (unpaired) electrons. The first-order valence-electron chi connectivity index (χ1n) is 5.39. The first-order valence-corrected chi connectivity index (χ1v) is 5.39. The van der Waals surface area contributed by atoms with Crippen molar-refractivity contribution in [3.05, 3.63) is 24.3 Å². The Bertz CT molecular complexity index is 218. The number of rotatable bonds is 5. The topological polar surface area (TPSA) is 40.5 Å². The van der Waals surface area contributed by atoms with Gasteiger partial charge in [0.05, 0.1) is 0 Å². The zero-order valence-corrected chi connectivity index (χ0v) is 8.82. The normalized spacial score (nSPS) is 26.0. The highest BCUT2D eigenvalue weighted by molar-refractivity contribution is 5.16. The van der Waals surface area contributed by atoms with Gasteiger partial charge < -0.3 is 10.2 Å². The summed E-state index contributed by atoms with van der Waals surface area (Å²) in [6, 6.07) is 0. The predicted molar refractivity (Wildman–Crippen MR) is 57.7 cm³/mol. The van der Waals surface area contributed by atoms with E-state index in [2.05, 4.69) is 31.2 Å². The molecule has 1 atom stereocenters. The SMILES string of the molecule is CCCC1(CCC(O)O)C=CC=CC1. The molecule has 0 fully saturated rings. The van der Waals surface area contributed by atoms with Crippen LogP contribution < -0.4 is 0 Å². The van der Waals surface area contributed by atoms with Crippen molar-refractivity contribution in [1.29, 1.82) is 0 Å². The van der Waals surface area contributed by atoms with Crippen LogP contribution in [-0.4, -0.2) is 16.5 Å². The molecule has 2 heteroatoms. The molecule has 2 N–H and O–H groups in total. The lowest BCUT2D eigenvalue weighted by molar-refractivity contribution is -0.0517. The third-order valence-corrected chi connectivity index (χ3v) is 2.87. The van der Waals surface area contributed by atoms with Gasteiger partial charge in [-0.3, -0.25) is 0 Å². The lowest BCUT2D eigenvalue weighted by Crippen LogP contribution is -2.21. The summed E-state index contributed by atoms with van der Waals surface area (Å²) in [5.41, 5.74) is 0.174. The molecule has 0 saturated carbocycles. The summed E-state index contributed by atoms with van der Waals surface area (Å²) in [7, 11) is 0. The van der Waals surface area contributed by atoms with Gasteiger partial charge in [0.1, 0.15) is 0 Å². The van der Waals surface area contributed by atoms with Crippen LogP contribution in [0.2, 0.25) is 0 Å². The summed E-state index contributed by atoms with van der Waals surface area (Å²) in [4.78, 5) is 0. The van der Waals surface area contributed by atoms with Gasteiger partial charge in [-0.2, -0.15) is 0 Å². The second-order valence-corrected chi connectivity index (χ2v) is 4.12. The van der Waals surface area contributed by atoms with Crippen molar-refractivity contribution in [1.82, 2.24) is 0 Å². The van der Waals surface area contributed by atoms with Crippen molar-refractivity contribution >= 4 is 0 Å². The van der Waals surface area contributed by atoms with Gasteiger partial charge >= 0.3 is 0 Å². The van der Waals surface area contributed by atoms with Gasteiger partial charge in [0, 0.05) is 0 Å². The quantitative estimate of drug-likeness (QED) is 0.663. The zero-order chi connectivity index (χ0) is 10.4. The van der Waals surface area contributed by atoms with Gasteiger partial charge in [-0.15, -0.1) is 0 Å². The molecular weight excluding hydrogens is 176 g/mol. The number of hydrogen-bond donors (Lipinski definition) is 2. The maximum Gasteiger partial charge on any atom is 0.151 e. The predicted octanol–water partition coefficient (Wildman–Crippen LogP) is 2.38. The molecule has 0 spiro atoms. The van der Waals surface area contributed by atoms with Crippen molar-refractivity contribution in [2.24, 2.45) is 5.41 Å². The Labute approximate surface area is 86.0 Å². The minimum atomic E-state index is -1.16. The van der Waals surface area contributed by atoms with Crippen molar-refractivity contribution in [2.45, 2.75) is 45.3 Å². The highest BCUT2D eigenvalue weighted by Gasteiger charge is 2.26. The summed E-state index contributed by atoms with van der Waals surface area (Å²) in [5.74, 6) is 0. The fourth-order valence-electron chi connectivity index (χ4n) is 2.12. The first kappa shape index (κ1) is 11.5. The largest absolute Gasteiger partial charge is 0.368 e. The van der Waals surface area contributed by atoms with Crippen LogP contribution in [-0.2, 0) is 0 Å². The van der Waals surface area contributed by atoms with Gasteiger partial charge in [0.25, 0.3) is 0 Å². The molecule has 0 bridgehead atoms. The van der Waals surface area contributed by atoms with Gasteiger partial charge in [-0.05, 0) is 31.1 Å². The standard InChI is InChI=1S/C12H20O2/c1-2-7-12(10-6-11(13)14)8-4-3-5-9-12/h3-5,8,11,13-14H,2,6-7,9-10H2,1H3. The molecule has 80 valence electrons. The summed E-state index contributed by atoms with van der Waals surface area (Å²) in [5, 5.41) is 17.8. The van der Waals surface area contributed by atoms with E-state index in [-0.39, 0.29) is 5.41 Å². The van der Waals surface area contributed by atoms with Crippen LogP contribution in [0.3, 0.4) is 0 Å². The molecule has 0 aromatic heterocycles. The lowest BCUT2D eigenvalue weighted by Gasteiger charge is -2.31. The number of hydrogen-bond acceptors (Lipinski definition) is 2. The van der Waals surface area contributed by atoms with E-state index in [1.165, 1.54) is 0 Å². The molecule has 14 heavy (non-hydrogen) atoms. The van der Waals surface area contributed by atoms with Gasteiger partial charge in [-0.25, -0.2) is 0 Å². The Morgan fingerprint density at radius 2 is 2.07 bits per heavy atom. The molecule has 1 aliphatic carbocycles. The Morgan fingerprint density at radius 1 is 1.29 bits per heavy atom. The van der Waals surface area contributed by atoms with Crippen LogP contribution in [0.5, 0.6) is 0 Å². The number of aliphatic hydroxyl groups is 2. The summed E-state index contributed by atoms with van der Waals surface area (Å²) >= 11 is 0. The molecule has 0 aromatic rings. The molecule has 1 unspecified atom stereocenters. The van der Waals surface area contributed by atoms with Crippen molar-refractivity contribution < 1.29 is 10.2 Å². The molecule has 1 aliphatic rings. The molecular formula is C12H20O2. The minimum Gasteiger partial charge on any atom is -0.368 e. The van der Waals surface area contributed by atoms with E-state index in [0.717, 1.165) is 25.7 Å². The van der Waals surface area contributed by atoms with E-state index in [1.54, 1.807) is 0 Å². The van der Waals surface area contributed by atoms with E-state index in [0.29, 0.717) is 6.42 Å². The third-order valence-electron chi connectivity index (χ3n) is 2.87. The van der Waals surface area contributed by atoms with Crippen LogP contribution in [0, 0.1) is 5.41 Å². The van der Waals surface area contributed by atoms with Crippen molar-refractivity contribution in [2.75, 3.05) is 0 Å². The molecule has 0 aromatic carbocycles. The zero-order valence-electron chi connectivity index (χ0n) is 8.82. The molecule has 0 heterocycles. The van der Waals surface area contributed by atoms with E-state index >= 15 is 0 Å². The third kappa shape index (κ3) is 3.28. The van der Waals surface area contributed by atoms with Crippen LogP contribution in [0.4, 0.5) is 0 Å². The van der Waals surface area contributed by atoms with Crippen LogP contribution >= 0.6 is 0 Å². The molecule has 0 amide bonds. The highest BCUT2D eigenvalue weighted by Crippen LogP contribution is 2.37. The van der Waals surface area contributed by atoms with Crippen molar-refractivity contribution in [3.8, 4) is 0 Å². The first-order chi connectivity index (χ1) is 6.68. The fourth-order valence-corrected chi connectivity index (χ4v) is 2.12. The summed E-state index contributed by atoms with van der Waals surface area (Å²) < 4.78 is 0. The average Bonchev–Trinajstić information content (AvgIpc) is 2.17. The molecule has 0 aliphatic heterocycles. The maximum atomic E-state index is 8.88. The number of allylic oxidation sites excluding steroid dienone is 4. The monoisotopic (exact) mass is 196 g/mol. The smallest absolute Gasteiger partial charge is 0.151 e. The van der Waals surface area contributed by atoms with Gasteiger partial charge in [0.2, 0.25) is 0 Å². The maximum absolute atomic E-state index is 8.88. The van der Waals surface area contributed by atoms with Crippen molar-refractivity contribution in [3.63, 3.8) is 0 Å². The van der Waals surface area contributed by atoms with E-state index in [4.69, 9.17) is 10.2 Å². The second kappa shape index (κ2) is 5.32. The fraction of sp³-hybridized carbons (Fsp3) is 0.667. The number of aliphatic hydroxyl groups excluding tert-OH is 1. The second-order valence-electron chi connectivity index (χ2n) is 4.12. The molecule has 2 nitrogen and oxygen atoms in total. The minimum absolute atomic E-state index is 0.174. The van der Waals surface area contributed by atoms with Crippen LogP contribution in [0.15, 0.2) is 24.3 Å². The van der Waals surface area contributed by atoms with Gasteiger partial charge in [-0.1, -0.05) is 37.6 Å². The van der Waals surface area contributed by atoms with Crippen LogP contribution in [0.25, 0.3) is 0 Å². The molecule has 0 saturated heterocycles. The average molecular weight is 196 g/mol. The van der Waals surface area contributed by atoms with E-state index in [9.17, 15) is 0 Å². The van der Waals surface area contributed by atoms with Gasteiger partial charge in [0.15, 0.2) is 6.29 Å². The van der Waals surface area contributed by atoms with E-state index in [1.807, 2.05) is 0 Å².